The van der Waals surface area contributed by atoms with E-state index < -0.39 is 10.0 Å². The number of nitrogens with one attached hydrogen (secondary N) is 1. The Morgan fingerprint density at radius 1 is 1.05 bits per heavy atom. The zero-order valence-corrected chi connectivity index (χ0v) is 13.6. The zero-order chi connectivity index (χ0) is 14.4. The van der Waals surface area contributed by atoms with Crippen molar-refractivity contribution in [3.63, 3.8) is 0 Å². The monoisotopic (exact) mass is 302 g/mol. The molecule has 2 fully saturated rings. The first-order chi connectivity index (χ1) is 9.58. The van der Waals surface area contributed by atoms with Crippen LogP contribution in [-0.2, 0) is 10.0 Å². The van der Waals surface area contributed by atoms with Crippen LogP contribution in [-0.4, -0.2) is 44.7 Å². The summed E-state index contributed by atoms with van der Waals surface area (Å²) in [5, 5.41) is 3.43. The molecule has 0 spiro atoms. The number of rotatable bonds is 6. The summed E-state index contributed by atoms with van der Waals surface area (Å²) in [7, 11) is -1.30. The van der Waals surface area contributed by atoms with Crippen LogP contribution in [0.25, 0.3) is 0 Å². The third-order valence-corrected chi connectivity index (χ3v) is 6.70. The lowest BCUT2D eigenvalue weighted by molar-refractivity contribution is 0.299. The van der Waals surface area contributed by atoms with Crippen LogP contribution in [0, 0.1) is 5.92 Å². The van der Waals surface area contributed by atoms with Crippen molar-refractivity contribution in [2.45, 2.75) is 63.8 Å². The molecule has 2 aliphatic rings. The smallest absolute Gasteiger partial charge is 0.213 e. The molecule has 0 radical (unpaired) electrons. The highest BCUT2D eigenvalue weighted by molar-refractivity contribution is 7.89. The minimum atomic E-state index is -3.07. The Morgan fingerprint density at radius 3 is 2.40 bits per heavy atom. The Kier molecular flexibility index (Phi) is 6.30. The Hall–Kier alpha value is -0.130. The molecule has 1 unspecified atom stereocenters. The zero-order valence-electron chi connectivity index (χ0n) is 12.8. The van der Waals surface area contributed by atoms with Crippen molar-refractivity contribution in [2.24, 2.45) is 5.92 Å². The fourth-order valence-electron chi connectivity index (χ4n) is 3.46. The van der Waals surface area contributed by atoms with Crippen molar-refractivity contribution in [1.82, 2.24) is 9.62 Å². The summed E-state index contributed by atoms with van der Waals surface area (Å²) in [6.07, 6.45) is 10.6. The topological polar surface area (TPSA) is 49.4 Å². The molecule has 0 aromatic carbocycles. The van der Waals surface area contributed by atoms with Gasteiger partial charge in [-0.15, -0.1) is 0 Å². The van der Waals surface area contributed by atoms with Crippen LogP contribution in [0.5, 0.6) is 0 Å². The standard InChI is InChI=1S/C15H30N2O2S/c1-17(13-14-7-3-2-4-8-14)20(18,19)12-10-15-9-5-6-11-16-15/h14-16H,2-13H2,1H3. The molecule has 0 aromatic rings. The van der Waals surface area contributed by atoms with E-state index in [0.29, 0.717) is 17.7 Å². The molecule has 1 N–H and O–H groups in total. The Morgan fingerprint density at radius 2 is 1.75 bits per heavy atom. The first kappa shape index (κ1) is 16.2. The first-order valence-corrected chi connectivity index (χ1v) is 9.86. The van der Waals surface area contributed by atoms with E-state index in [0.717, 1.165) is 25.9 Å². The summed E-state index contributed by atoms with van der Waals surface area (Å²) in [4.78, 5) is 0. The maximum absolute atomic E-state index is 12.3. The average Bonchev–Trinajstić information content (AvgIpc) is 2.47. The lowest BCUT2D eigenvalue weighted by atomic mass is 9.89. The molecule has 118 valence electrons. The van der Waals surface area contributed by atoms with Gasteiger partial charge in [-0.3, -0.25) is 0 Å². The molecule has 1 atom stereocenters. The van der Waals surface area contributed by atoms with Crippen LogP contribution in [0.3, 0.4) is 0 Å². The van der Waals surface area contributed by atoms with Crippen LogP contribution >= 0.6 is 0 Å². The van der Waals surface area contributed by atoms with E-state index in [1.807, 2.05) is 0 Å². The van der Waals surface area contributed by atoms with Gasteiger partial charge in [0.1, 0.15) is 0 Å². The SMILES string of the molecule is CN(CC1CCCCC1)S(=O)(=O)CCC1CCCCN1. The number of piperidine rings is 1. The van der Waals surface area contributed by atoms with E-state index in [1.165, 1.54) is 44.9 Å². The molecule has 1 saturated heterocycles. The summed E-state index contributed by atoms with van der Waals surface area (Å²) in [6.45, 7) is 1.77. The lowest BCUT2D eigenvalue weighted by Gasteiger charge is -2.28. The van der Waals surface area contributed by atoms with Gasteiger partial charge in [0, 0.05) is 19.6 Å². The molecular formula is C15H30N2O2S. The van der Waals surface area contributed by atoms with Crippen molar-refractivity contribution in [3.05, 3.63) is 0 Å². The second kappa shape index (κ2) is 7.76. The molecule has 5 heteroatoms. The molecule has 1 aliphatic carbocycles. The number of nitrogens with zero attached hydrogens (tertiary/aromatic N) is 1. The predicted molar refractivity (Wildman–Crippen MR) is 83.3 cm³/mol. The van der Waals surface area contributed by atoms with Gasteiger partial charge in [-0.25, -0.2) is 12.7 Å². The quantitative estimate of drug-likeness (QED) is 0.819. The Balaban J connectivity index is 1.75. The maximum Gasteiger partial charge on any atom is 0.213 e. The Bertz CT molecular complexity index is 371. The van der Waals surface area contributed by atoms with Gasteiger partial charge in [-0.1, -0.05) is 25.7 Å². The Labute approximate surface area is 124 Å². The first-order valence-electron chi connectivity index (χ1n) is 8.25. The van der Waals surface area contributed by atoms with Crippen LogP contribution < -0.4 is 5.32 Å². The third-order valence-electron chi connectivity index (χ3n) is 4.85. The summed E-state index contributed by atoms with van der Waals surface area (Å²) in [6, 6.07) is 0.404. The fraction of sp³-hybridized carbons (Fsp3) is 1.00. The van der Waals surface area contributed by atoms with Gasteiger partial charge >= 0.3 is 0 Å². The van der Waals surface area contributed by atoms with Gasteiger partial charge < -0.3 is 5.32 Å². The third kappa shape index (κ3) is 5.01. The van der Waals surface area contributed by atoms with Crippen molar-refractivity contribution in [3.8, 4) is 0 Å². The molecule has 1 aliphatic heterocycles. The van der Waals surface area contributed by atoms with Crippen molar-refractivity contribution in [1.29, 1.82) is 0 Å². The van der Waals surface area contributed by atoms with Gasteiger partial charge in [0.05, 0.1) is 5.75 Å². The summed E-state index contributed by atoms with van der Waals surface area (Å²) >= 11 is 0. The van der Waals surface area contributed by atoms with Gasteiger partial charge in [0.15, 0.2) is 0 Å². The molecule has 2 rings (SSSR count). The summed E-state index contributed by atoms with van der Waals surface area (Å²) in [5.74, 6) is 0.879. The summed E-state index contributed by atoms with van der Waals surface area (Å²) in [5.41, 5.74) is 0. The van der Waals surface area contributed by atoms with Crippen LogP contribution in [0.2, 0.25) is 0 Å². The molecule has 0 amide bonds. The van der Waals surface area contributed by atoms with Crippen LogP contribution in [0.4, 0.5) is 0 Å². The highest BCUT2D eigenvalue weighted by Gasteiger charge is 2.24. The minimum Gasteiger partial charge on any atom is -0.314 e. The summed E-state index contributed by atoms with van der Waals surface area (Å²) < 4.78 is 26.3. The molecule has 20 heavy (non-hydrogen) atoms. The molecule has 0 bridgehead atoms. The van der Waals surface area contributed by atoms with Gasteiger partial charge in [-0.2, -0.15) is 0 Å². The fourth-order valence-corrected chi connectivity index (χ4v) is 4.80. The molecular weight excluding hydrogens is 272 g/mol. The largest absolute Gasteiger partial charge is 0.314 e. The van der Waals surface area contributed by atoms with E-state index in [9.17, 15) is 8.42 Å². The second-order valence-electron chi connectivity index (χ2n) is 6.54. The van der Waals surface area contributed by atoms with E-state index >= 15 is 0 Å². The van der Waals surface area contributed by atoms with Gasteiger partial charge in [0.25, 0.3) is 0 Å². The van der Waals surface area contributed by atoms with E-state index in [-0.39, 0.29) is 0 Å². The molecule has 1 saturated carbocycles. The van der Waals surface area contributed by atoms with Crippen LogP contribution in [0.1, 0.15) is 57.8 Å². The second-order valence-corrected chi connectivity index (χ2v) is 8.73. The normalized spacial score (nSPS) is 26.0. The number of sulfonamides is 1. The van der Waals surface area contributed by atoms with Crippen LogP contribution in [0.15, 0.2) is 0 Å². The van der Waals surface area contributed by atoms with E-state index in [4.69, 9.17) is 0 Å². The lowest BCUT2D eigenvalue weighted by Crippen LogP contribution is -2.39. The highest BCUT2D eigenvalue weighted by atomic mass is 32.2. The molecule has 4 nitrogen and oxygen atoms in total. The predicted octanol–water partition coefficient (Wildman–Crippen LogP) is 2.36. The van der Waals surface area contributed by atoms with Crippen molar-refractivity contribution < 1.29 is 8.42 Å². The maximum atomic E-state index is 12.3. The van der Waals surface area contributed by atoms with E-state index in [1.54, 1.807) is 11.4 Å². The van der Waals surface area contributed by atoms with Gasteiger partial charge in [-0.05, 0) is 44.6 Å². The van der Waals surface area contributed by atoms with Gasteiger partial charge in [0.2, 0.25) is 10.0 Å². The molecule has 1 heterocycles. The number of hydrogen-bond donors (Lipinski definition) is 1. The van der Waals surface area contributed by atoms with Crippen molar-refractivity contribution in [2.75, 3.05) is 25.9 Å². The average molecular weight is 302 g/mol. The number of hydrogen-bond acceptors (Lipinski definition) is 3. The van der Waals surface area contributed by atoms with E-state index in [2.05, 4.69) is 5.32 Å². The van der Waals surface area contributed by atoms with Crippen molar-refractivity contribution >= 4 is 10.0 Å². The highest BCUT2D eigenvalue weighted by Crippen LogP contribution is 2.25. The minimum absolute atomic E-state index is 0.299. The molecule has 0 aromatic heterocycles.